The monoisotopic (exact) mass is 412 g/mol. The minimum absolute atomic E-state index is 0.120. The molecule has 0 saturated heterocycles. The molecule has 1 heterocycles. The van der Waals surface area contributed by atoms with E-state index in [2.05, 4.69) is 15.0 Å². The number of ether oxygens (including phenoxy) is 2. The standard InChI is InChI=1S/C22H18F2N2O4/c1-13(14-6-8-15(9-7-14)22(28)29-2)26-20(27)19-11-17(24)12-25-21(19)30-18-5-3-4-16(23)10-18/h3-13H,1-2H3,(H,26,27)/t13-/m0/s1. The Hall–Kier alpha value is -3.81. The first-order chi connectivity index (χ1) is 14.4. The number of aromatic nitrogens is 1. The average molecular weight is 412 g/mol. The van der Waals surface area contributed by atoms with Gasteiger partial charge in [0, 0.05) is 6.07 Å². The van der Waals surface area contributed by atoms with Crippen LogP contribution in [-0.4, -0.2) is 24.0 Å². The number of halogens is 2. The second kappa shape index (κ2) is 9.13. The maximum atomic E-state index is 13.7. The highest BCUT2D eigenvalue weighted by molar-refractivity contribution is 5.96. The number of rotatable bonds is 6. The lowest BCUT2D eigenvalue weighted by Gasteiger charge is -2.16. The zero-order valence-corrected chi connectivity index (χ0v) is 16.2. The number of nitrogens with zero attached hydrogens (tertiary/aromatic N) is 1. The van der Waals surface area contributed by atoms with Crippen LogP contribution in [0.3, 0.4) is 0 Å². The molecule has 1 amide bonds. The fourth-order valence-electron chi connectivity index (χ4n) is 2.70. The molecule has 0 aliphatic rings. The number of benzene rings is 2. The molecular formula is C22H18F2N2O4. The Morgan fingerprint density at radius 3 is 2.43 bits per heavy atom. The molecule has 0 radical (unpaired) electrons. The molecule has 2 aromatic carbocycles. The predicted octanol–water partition coefficient (Wildman–Crippen LogP) is 4.43. The summed E-state index contributed by atoms with van der Waals surface area (Å²) in [7, 11) is 1.29. The molecule has 1 atom stereocenters. The Morgan fingerprint density at radius 1 is 1.03 bits per heavy atom. The molecule has 3 aromatic rings. The molecule has 1 aromatic heterocycles. The zero-order chi connectivity index (χ0) is 21.7. The maximum Gasteiger partial charge on any atom is 0.337 e. The summed E-state index contributed by atoms with van der Waals surface area (Å²) in [6.07, 6.45) is 0.903. The van der Waals surface area contributed by atoms with Gasteiger partial charge in [-0.3, -0.25) is 4.79 Å². The van der Waals surface area contributed by atoms with Gasteiger partial charge in [-0.15, -0.1) is 0 Å². The van der Waals surface area contributed by atoms with Crippen molar-refractivity contribution in [3.05, 3.63) is 89.1 Å². The molecule has 30 heavy (non-hydrogen) atoms. The van der Waals surface area contributed by atoms with Crippen LogP contribution < -0.4 is 10.1 Å². The summed E-state index contributed by atoms with van der Waals surface area (Å²) in [5, 5.41) is 2.72. The van der Waals surface area contributed by atoms with Gasteiger partial charge in [-0.25, -0.2) is 18.6 Å². The number of esters is 1. The van der Waals surface area contributed by atoms with Crippen LogP contribution in [0.25, 0.3) is 0 Å². The molecule has 0 aliphatic carbocycles. The highest BCUT2D eigenvalue weighted by atomic mass is 19.1. The van der Waals surface area contributed by atoms with Crippen LogP contribution in [0.15, 0.2) is 60.8 Å². The minimum Gasteiger partial charge on any atom is -0.465 e. The second-order valence-corrected chi connectivity index (χ2v) is 6.37. The van der Waals surface area contributed by atoms with Gasteiger partial charge in [0.15, 0.2) is 0 Å². The van der Waals surface area contributed by atoms with Crippen LogP contribution in [-0.2, 0) is 4.74 Å². The highest BCUT2D eigenvalue weighted by Crippen LogP contribution is 2.25. The third-order valence-electron chi connectivity index (χ3n) is 4.25. The number of pyridine rings is 1. The zero-order valence-electron chi connectivity index (χ0n) is 16.2. The van der Waals surface area contributed by atoms with E-state index in [4.69, 9.17) is 4.74 Å². The molecule has 0 spiro atoms. The van der Waals surface area contributed by atoms with E-state index >= 15 is 0 Å². The van der Waals surface area contributed by atoms with E-state index in [1.54, 1.807) is 31.2 Å². The van der Waals surface area contributed by atoms with Gasteiger partial charge in [0.05, 0.1) is 24.9 Å². The van der Waals surface area contributed by atoms with Crippen molar-refractivity contribution >= 4 is 11.9 Å². The van der Waals surface area contributed by atoms with Crippen LogP contribution in [0, 0.1) is 11.6 Å². The van der Waals surface area contributed by atoms with Crippen molar-refractivity contribution in [3.8, 4) is 11.6 Å². The van der Waals surface area contributed by atoms with Gasteiger partial charge in [-0.1, -0.05) is 18.2 Å². The first kappa shape index (κ1) is 20.9. The summed E-state index contributed by atoms with van der Waals surface area (Å²) in [5.41, 5.74) is 0.949. The first-order valence-electron chi connectivity index (χ1n) is 8.95. The Bertz CT molecular complexity index is 1070. The summed E-state index contributed by atoms with van der Waals surface area (Å²) in [4.78, 5) is 28.1. The molecule has 154 valence electrons. The van der Waals surface area contributed by atoms with Crippen molar-refractivity contribution in [1.29, 1.82) is 0 Å². The van der Waals surface area contributed by atoms with Crippen molar-refractivity contribution in [2.24, 2.45) is 0 Å². The van der Waals surface area contributed by atoms with Crippen LogP contribution in [0.2, 0.25) is 0 Å². The van der Waals surface area contributed by atoms with E-state index in [1.807, 2.05) is 0 Å². The molecule has 6 nitrogen and oxygen atoms in total. The van der Waals surface area contributed by atoms with Crippen molar-refractivity contribution in [2.75, 3.05) is 7.11 Å². The molecule has 0 fully saturated rings. The largest absolute Gasteiger partial charge is 0.465 e. The summed E-state index contributed by atoms with van der Waals surface area (Å²) in [6, 6.07) is 12.3. The van der Waals surface area contributed by atoms with E-state index in [9.17, 15) is 18.4 Å². The molecule has 3 rings (SSSR count). The SMILES string of the molecule is COC(=O)c1ccc([C@H](C)NC(=O)c2cc(F)cnc2Oc2cccc(F)c2)cc1. The molecule has 0 unspecified atom stereocenters. The first-order valence-corrected chi connectivity index (χ1v) is 8.95. The molecule has 1 N–H and O–H groups in total. The minimum atomic E-state index is -0.721. The second-order valence-electron chi connectivity index (χ2n) is 6.37. The van der Waals surface area contributed by atoms with Gasteiger partial charge in [-0.05, 0) is 42.8 Å². The molecular weight excluding hydrogens is 394 g/mol. The van der Waals surface area contributed by atoms with Gasteiger partial charge in [0.2, 0.25) is 5.88 Å². The summed E-state index contributed by atoms with van der Waals surface area (Å²) >= 11 is 0. The van der Waals surface area contributed by atoms with Gasteiger partial charge in [-0.2, -0.15) is 0 Å². The van der Waals surface area contributed by atoms with Gasteiger partial charge < -0.3 is 14.8 Å². The van der Waals surface area contributed by atoms with Crippen LogP contribution >= 0.6 is 0 Å². The third kappa shape index (κ3) is 4.96. The highest BCUT2D eigenvalue weighted by Gasteiger charge is 2.19. The van der Waals surface area contributed by atoms with Crippen LogP contribution in [0.5, 0.6) is 11.6 Å². The Balaban J connectivity index is 1.79. The fourth-order valence-corrected chi connectivity index (χ4v) is 2.70. The van der Waals surface area contributed by atoms with Crippen LogP contribution in [0.4, 0.5) is 8.78 Å². The van der Waals surface area contributed by atoms with Crippen molar-refractivity contribution in [3.63, 3.8) is 0 Å². The van der Waals surface area contributed by atoms with E-state index in [1.165, 1.54) is 25.3 Å². The van der Waals surface area contributed by atoms with E-state index in [0.717, 1.165) is 18.3 Å². The maximum absolute atomic E-state index is 13.7. The number of hydrogen-bond donors (Lipinski definition) is 1. The lowest BCUT2D eigenvalue weighted by atomic mass is 10.1. The lowest BCUT2D eigenvalue weighted by molar-refractivity contribution is 0.0600. The normalized spacial score (nSPS) is 11.5. The topological polar surface area (TPSA) is 77.5 Å². The Kier molecular flexibility index (Phi) is 6.36. The number of amides is 1. The molecule has 0 aliphatic heterocycles. The number of carbonyl (C=O) groups excluding carboxylic acids is 2. The summed E-state index contributed by atoms with van der Waals surface area (Å²) in [5.74, 6) is -2.38. The predicted molar refractivity (Wildman–Crippen MR) is 104 cm³/mol. The third-order valence-corrected chi connectivity index (χ3v) is 4.25. The summed E-state index contributed by atoms with van der Waals surface area (Å²) < 4.78 is 37.2. The average Bonchev–Trinajstić information content (AvgIpc) is 2.74. The lowest BCUT2D eigenvalue weighted by Crippen LogP contribution is -2.27. The molecule has 0 bridgehead atoms. The van der Waals surface area contributed by atoms with Gasteiger partial charge in [0.25, 0.3) is 5.91 Å². The van der Waals surface area contributed by atoms with Crippen molar-refractivity contribution in [1.82, 2.24) is 10.3 Å². The van der Waals surface area contributed by atoms with E-state index < -0.39 is 29.6 Å². The smallest absolute Gasteiger partial charge is 0.337 e. The number of hydrogen-bond acceptors (Lipinski definition) is 5. The number of methoxy groups -OCH3 is 1. The Labute approximate surface area is 171 Å². The molecule has 0 saturated carbocycles. The van der Waals surface area contributed by atoms with E-state index in [-0.39, 0.29) is 17.2 Å². The van der Waals surface area contributed by atoms with Crippen molar-refractivity contribution in [2.45, 2.75) is 13.0 Å². The Morgan fingerprint density at radius 2 is 1.77 bits per heavy atom. The van der Waals surface area contributed by atoms with Gasteiger partial charge in [0.1, 0.15) is 22.9 Å². The van der Waals surface area contributed by atoms with Crippen molar-refractivity contribution < 1.29 is 27.8 Å². The number of nitrogens with one attached hydrogen (secondary N) is 1. The molecule has 8 heteroatoms. The quantitative estimate of drug-likeness (QED) is 0.606. The number of carbonyl (C=O) groups is 2. The van der Waals surface area contributed by atoms with E-state index in [0.29, 0.717) is 11.1 Å². The fraction of sp³-hybridized carbons (Fsp3) is 0.136. The summed E-state index contributed by atoms with van der Waals surface area (Å²) in [6.45, 7) is 1.73. The van der Waals surface area contributed by atoms with Crippen LogP contribution in [0.1, 0.15) is 39.2 Å². The van der Waals surface area contributed by atoms with Gasteiger partial charge >= 0.3 is 5.97 Å².